The minimum atomic E-state index is -0.536. The highest BCUT2D eigenvalue weighted by Gasteiger charge is 2.14. The van der Waals surface area contributed by atoms with E-state index in [0.29, 0.717) is 11.3 Å². The number of hydrogen-bond acceptors (Lipinski definition) is 3. The lowest BCUT2D eigenvalue weighted by molar-refractivity contribution is -0.384. The van der Waals surface area contributed by atoms with Crippen LogP contribution in [0.25, 0.3) is 0 Å². The van der Waals surface area contributed by atoms with Gasteiger partial charge in [-0.2, -0.15) is 0 Å². The van der Waals surface area contributed by atoms with Crippen molar-refractivity contribution < 1.29 is 14.1 Å². The molecule has 20 heavy (non-hydrogen) atoms. The molecule has 0 radical (unpaired) electrons. The van der Waals surface area contributed by atoms with Gasteiger partial charge in [0.05, 0.1) is 9.95 Å². The summed E-state index contributed by atoms with van der Waals surface area (Å²) < 4.78 is 18.7. The summed E-state index contributed by atoms with van der Waals surface area (Å²) in [6.07, 6.45) is -0.426. The molecule has 6 heteroatoms. The van der Waals surface area contributed by atoms with Crippen molar-refractivity contribution in [3.8, 4) is 5.75 Å². The van der Waals surface area contributed by atoms with Crippen molar-refractivity contribution in [3.05, 3.63) is 69.0 Å². The quantitative estimate of drug-likeness (QED) is 0.615. The average Bonchev–Trinajstić information content (AvgIpc) is 2.40. The van der Waals surface area contributed by atoms with E-state index in [4.69, 9.17) is 16.3 Å². The van der Waals surface area contributed by atoms with Gasteiger partial charge < -0.3 is 4.74 Å². The number of nitrogens with zero attached hydrogens (tertiary/aromatic N) is 1. The highest BCUT2D eigenvalue weighted by molar-refractivity contribution is 6.32. The fourth-order valence-corrected chi connectivity index (χ4v) is 1.94. The van der Waals surface area contributed by atoms with E-state index in [1.807, 2.05) is 0 Å². The first-order valence-electron chi connectivity index (χ1n) is 5.83. The molecule has 0 N–H and O–H groups in total. The van der Waals surface area contributed by atoms with Crippen LogP contribution in [0, 0.1) is 15.9 Å². The van der Waals surface area contributed by atoms with Gasteiger partial charge in [-0.25, -0.2) is 4.39 Å². The Bertz CT molecular complexity index is 648. The minimum absolute atomic E-state index is 0.110. The van der Waals surface area contributed by atoms with Crippen LogP contribution in [-0.4, -0.2) is 4.92 Å². The van der Waals surface area contributed by atoms with Crippen molar-refractivity contribution in [1.82, 2.24) is 0 Å². The van der Waals surface area contributed by atoms with Gasteiger partial charge in [0.1, 0.15) is 17.7 Å². The molecule has 0 spiro atoms. The lowest BCUT2D eigenvalue weighted by atomic mass is 10.1. The standard InChI is InChI=1S/C14H11ClFNO3/c1-9(10-3-2-4-11(16)7-10)20-14-6-5-12(17(18)19)8-13(14)15/h2-9H,1H3. The van der Waals surface area contributed by atoms with Gasteiger partial charge in [-0.05, 0) is 30.7 Å². The molecule has 1 atom stereocenters. The van der Waals surface area contributed by atoms with E-state index in [1.54, 1.807) is 19.1 Å². The van der Waals surface area contributed by atoms with Crippen LogP contribution < -0.4 is 4.74 Å². The van der Waals surface area contributed by atoms with Crippen molar-refractivity contribution >= 4 is 17.3 Å². The molecule has 1 unspecified atom stereocenters. The normalized spacial score (nSPS) is 11.9. The van der Waals surface area contributed by atoms with Crippen LogP contribution in [0.2, 0.25) is 5.02 Å². The molecule has 104 valence electrons. The number of ether oxygens (including phenoxy) is 1. The van der Waals surface area contributed by atoms with E-state index in [-0.39, 0.29) is 16.5 Å². The smallest absolute Gasteiger partial charge is 0.271 e. The Hall–Kier alpha value is -2.14. The Morgan fingerprint density at radius 2 is 2.05 bits per heavy atom. The van der Waals surface area contributed by atoms with Crippen LogP contribution in [-0.2, 0) is 0 Å². The second kappa shape index (κ2) is 5.88. The molecule has 0 aliphatic heterocycles. The first kappa shape index (κ1) is 14.3. The number of nitro groups is 1. The van der Waals surface area contributed by atoms with Gasteiger partial charge in [0.2, 0.25) is 0 Å². The summed E-state index contributed by atoms with van der Waals surface area (Å²) in [5.74, 6) is -0.0400. The van der Waals surface area contributed by atoms with Crippen molar-refractivity contribution in [3.63, 3.8) is 0 Å². The first-order chi connectivity index (χ1) is 9.47. The molecule has 2 rings (SSSR count). The van der Waals surface area contributed by atoms with Gasteiger partial charge in [-0.15, -0.1) is 0 Å². The molecule has 0 fully saturated rings. The number of nitro benzene ring substituents is 1. The number of non-ortho nitro benzene ring substituents is 1. The van der Waals surface area contributed by atoms with Crippen molar-refractivity contribution in [2.24, 2.45) is 0 Å². The molecule has 2 aromatic rings. The van der Waals surface area contributed by atoms with Crippen molar-refractivity contribution in [2.75, 3.05) is 0 Å². The fourth-order valence-electron chi connectivity index (χ4n) is 1.72. The van der Waals surface area contributed by atoms with E-state index in [2.05, 4.69) is 0 Å². The first-order valence-corrected chi connectivity index (χ1v) is 6.21. The van der Waals surface area contributed by atoms with Crippen molar-refractivity contribution in [2.45, 2.75) is 13.0 Å². The number of benzene rings is 2. The Morgan fingerprint density at radius 3 is 2.65 bits per heavy atom. The topological polar surface area (TPSA) is 52.4 Å². The molecular formula is C14H11ClFNO3. The molecule has 0 aliphatic carbocycles. The van der Waals surface area contributed by atoms with E-state index >= 15 is 0 Å². The van der Waals surface area contributed by atoms with Gasteiger partial charge >= 0.3 is 0 Å². The van der Waals surface area contributed by atoms with Gasteiger partial charge in [0.25, 0.3) is 5.69 Å². The van der Waals surface area contributed by atoms with Crippen LogP contribution in [0.15, 0.2) is 42.5 Å². The molecule has 0 bridgehead atoms. The second-order valence-corrected chi connectivity index (χ2v) is 4.59. The lowest BCUT2D eigenvalue weighted by Gasteiger charge is -2.16. The van der Waals surface area contributed by atoms with Gasteiger partial charge in [-0.3, -0.25) is 10.1 Å². The highest BCUT2D eigenvalue weighted by Crippen LogP contribution is 2.32. The maximum atomic E-state index is 13.1. The zero-order chi connectivity index (χ0) is 14.7. The molecule has 0 heterocycles. The van der Waals surface area contributed by atoms with Gasteiger partial charge in [0, 0.05) is 12.1 Å². The minimum Gasteiger partial charge on any atom is -0.484 e. The summed E-state index contributed by atoms with van der Waals surface area (Å²) in [7, 11) is 0. The van der Waals surface area contributed by atoms with Crippen molar-refractivity contribution in [1.29, 1.82) is 0 Å². The molecular weight excluding hydrogens is 285 g/mol. The predicted molar refractivity (Wildman–Crippen MR) is 73.5 cm³/mol. The van der Waals surface area contributed by atoms with Crippen LogP contribution in [0.3, 0.4) is 0 Å². The second-order valence-electron chi connectivity index (χ2n) is 4.19. The summed E-state index contributed by atoms with van der Waals surface area (Å²) in [6, 6.07) is 9.97. The molecule has 0 saturated carbocycles. The zero-order valence-corrected chi connectivity index (χ0v) is 11.3. The maximum Gasteiger partial charge on any atom is 0.271 e. The summed E-state index contributed by atoms with van der Waals surface area (Å²) in [5, 5.41) is 10.8. The fraction of sp³-hybridized carbons (Fsp3) is 0.143. The Labute approximate surface area is 119 Å². The summed E-state index contributed by atoms with van der Waals surface area (Å²) in [6.45, 7) is 1.74. The highest BCUT2D eigenvalue weighted by atomic mass is 35.5. The zero-order valence-electron chi connectivity index (χ0n) is 10.5. The van der Waals surface area contributed by atoms with Gasteiger partial charge in [-0.1, -0.05) is 23.7 Å². The number of halogens is 2. The van der Waals surface area contributed by atoms with E-state index in [0.717, 1.165) is 0 Å². The monoisotopic (exact) mass is 295 g/mol. The Morgan fingerprint density at radius 1 is 1.30 bits per heavy atom. The third kappa shape index (κ3) is 3.24. The predicted octanol–water partition coefficient (Wildman–Crippen LogP) is 4.53. The third-order valence-electron chi connectivity index (χ3n) is 2.75. The molecule has 0 aliphatic rings. The van der Waals surface area contributed by atoms with Crippen LogP contribution >= 0.6 is 11.6 Å². The SMILES string of the molecule is CC(Oc1ccc([N+](=O)[O-])cc1Cl)c1cccc(F)c1. The maximum absolute atomic E-state index is 13.1. The molecule has 4 nitrogen and oxygen atoms in total. The average molecular weight is 296 g/mol. The number of rotatable bonds is 4. The molecule has 0 amide bonds. The molecule has 0 saturated heterocycles. The largest absolute Gasteiger partial charge is 0.484 e. The third-order valence-corrected chi connectivity index (χ3v) is 3.04. The van der Waals surface area contributed by atoms with Crippen LogP contribution in [0.5, 0.6) is 5.75 Å². The molecule has 0 aromatic heterocycles. The summed E-state index contributed by atoms with van der Waals surface area (Å²) in [5.41, 5.74) is 0.542. The van der Waals surface area contributed by atoms with Crippen LogP contribution in [0.1, 0.15) is 18.6 Å². The van der Waals surface area contributed by atoms with E-state index in [9.17, 15) is 14.5 Å². The summed E-state index contributed by atoms with van der Waals surface area (Å²) >= 11 is 5.93. The van der Waals surface area contributed by atoms with Crippen LogP contribution in [0.4, 0.5) is 10.1 Å². The Balaban J connectivity index is 2.19. The van der Waals surface area contributed by atoms with Gasteiger partial charge in [0.15, 0.2) is 0 Å². The lowest BCUT2D eigenvalue weighted by Crippen LogP contribution is -2.04. The van der Waals surface area contributed by atoms with E-state index in [1.165, 1.54) is 30.3 Å². The van der Waals surface area contributed by atoms with E-state index < -0.39 is 11.0 Å². The Kier molecular flexibility index (Phi) is 4.20. The molecule has 2 aromatic carbocycles. The summed E-state index contributed by atoms with van der Waals surface area (Å²) in [4.78, 5) is 10.1. The number of hydrogen-bond donors (Lipinski definition) is 0.